The number of benzene rings is 1. The average Bonchev–Trinajstić information content (AvgIpc) is 3.42. The number of hydrogen-bond acceptors (Lipinski definition) is 9. The fourth-order valence-corrected chi connectivity index (χ4v) is 7.41. The fourth-order valence-electron chi connectivity index (χ4n) is 6.01. The standard InChI is InChI=1S/C30H28F3N7O4S/c1-17-3-4-20(24(11-26(41)42)23-5-6-40-27(18(23)2)36-37-29(40)30(31,32)33)10-21(17)14-38-15-22-16-44-8-7-39(22)28-25(45(38)43)9-19(12-34)13-35-28/h3-6,9-10,13,22,24H,7-8,11,14-16H2,1-2H3,(H,41,42). The highest BCUT2D eigenvalue weighted by molar-refractivity contribution is 7.89. The number of aromatic nitrogens is 4. The summed E-state index contributed by atoms with van der Waals surface area (Å²) in [6, 6.07) is 10.5. The predicted octanol–water partition coefficient (Wildman–Crippen LogP) is 3.98. The third-order valence-electron chi connectivity index (χ3n) is 8.30. The van der Waals surface area contributed by atoms with Gasteiger partial charge in [0, 0.05) is 30.9 Å². The molecule has 2 aliphatic heterocycles. The van der Waals surface area contributed by atoms with Crippen molar-refractivity contribution in [1.82, 2.24) is 23.9 Å². The average molecular weight is 640 g/mol. The summed E-state index contributed by atoms with van der Waals surface area (Å²) >= 11 is -1.68. The summed E-state index contributed by atoms with van der Waals surface area (Å²) in [5.74, 6) is -2.39. The molecule has 3 atom stereocenters. The summed E-state index contributed by atoms with van der Waals surface area (Å²) in [5, 5.41) is 26.4. The molecule has 0 spiro atoms. The summed E-state index contributed by atoms with van der Waals surface area (Å²) in [6.07, 6.45) is -2.35. The van der Waals surface area contributed by atoms with Crippen molar-refractivity contribution in [2.24, 2.45) is 0 Å². The summed E-state index contributed by atoms with van der Waals surface area (Å²) in [4.78, 5) is 19.0. The number of nitrogens with zero attached hydrogens (tertiary/aromatic N) is 7. The fraction of sp³-hybridized carbons (Fsp3) is 0.367. The van der Waals surface area contributed by atoms with Gasteiger partial charge in [0.15, 0.2) is 11.5 Å². The lowest BCUT2D eigenvalue weighted by Gasteiger charge is -2.35. The van der Waals surface area contributed by atoms with Crippen LogP contribution in [0.1, 0.15) is 51.5 Å². The molecule has 0 radical (unpaired) electrons. The van der Waals surface area contributed by atoms with Crippen molar-refractivity contribution in [2.45, 2.75) is 49.8 Å². The number of fused-ring (bicyclic) bond motifs is 4. The molecule has 1 fully saturated rings. The molecule has 15 heteroatoms. The highest BCUT2D eigenvalue weighted by Gasteiger charge is 2.40. The van der Waals surface area contributed by atoms with Crippen LogP contribution in [0.2, 0.25) is 0 Å². The van der Waals surface area contributed by atoms with Crippen molar-refractivity contribution in [3.05, 3.63) is 81.9 Å². The molecule has 3 unspecified atom stereocenters. The zero-order valence-electron chi connectivity index (χ0n) is 24.3. The summed E-state index contributed by atoms with van der Waals surface area (Å²) in [7, 11) is 0. The number of aliphatic carboxylic acids is 1. The summed E-state index contributed by atoms with van der Waals surface area (Å²) < 4.78 is 62.8. The molecule has 1 N–H and O–H groups in total. The molecule has 45 heavy (non-hydrogen) atoms. The van der Waals surface area contributed by atoms with Gasteiger partial charge < -0.3 is 19.3 Å². The van der Waals surface area contributed by atoms with Crippen molar-refractivity contribution < 1.29 is 32.4 Å². The lowest BCUT2D eigenvalue weighted by atomic mass is 9.85. The molecule has 0 amide bonds. The summed E-state index contributed by atoms with van der Waals surface area (Å²) in [5.41, 5.74) is 3.51. The van der Waals surface area contributed by atoms with Gasteiger partial charge in [-0.25, -0.2) is 4.98 Å². The number of ether oxygens (including phenoxy) is 1. The van der Waals surface area contributed by atoms with Gasteiger partial charge in [-0.05, 0) is 47.7 Å². The van der Waals surface area contributed by atoms with E-state index in [9.17, 15) is 32.9 Å². The number of carbonyl (C=O) groups is 1. The van der Waals surface area contributed by atoms with E-state index >= 15 is 0 Å². The van der Waals surface area contributed by atoms with Crippen molar-refractivity contribution in [3.63, 3.8) is 0 Å². The van der Waals surface area contributed by atoms with E-state index in [0.29, 0.717) is 59.3 Å². The first-order valence-corrected chi connectivity index (χ1v) is 15.2. The van der Waals surface area contributed by atoms with E-state index in [0.717, 1.165) is 15.5 Å². The van der Waals surface area contributed by atoms with Crippen molar-refractivity contribution >= 4 is 28.8 Å². The lowest BCUT2D eigenvalue weighted by molar-refractivity contribution is -0.145. The first-order valence-electron chi connectivity index (χ1n) is 14.1. The zero-order valence-corrected chi connectivity index (χ0v) is 25.1. The zero-order chi connectivity index (χ0) is 32.0. The number of morpholine rings is 1. The molecule has 4 aromatic rings. The van der Waals surface area contributed by atoms with Crippen LogP contribution in [-0.2, 0) is 33.6 Å². The first-order chi connectivity index (χ1) is 21.5. The smallest absolute Gasteiger partial charge is 0.452 e. The van der Waals surface area contributed by atoms with E-state index in [-0.39, 0.29) is 24.7 Å². The lowest BCUT2D eigenvalue weighted by Crippen LogP contribution is -2.50. The first kappa shape index (κ1) is 30.8. The number of carboxylic acids is 1. The molecule has 11 nitrogen and oxygen atoms in total. The number of halogens is 3. The number of aryl methyl sites for hydroxylation is 2. The van der Waals surface area contributed by atoms with Crippen LogP contribution in [0.15, 0.2) is 47.6 Å². The Balaban J connectivity index is 1.38. The molecular formula is C30H28F3N7O4S. The third-order valence-corrected chi connectivity index (χ3v) is 9.72. The van der Waals surface area contributed by atoms with Gasteiger partial charge in [0.05, 0.1) is 55.7 Å². The highest BCUT2D eigenvalue weighted by Crippen LogP contribution is 2.37. The van der Waals surface area contributed by atoms with Crippen LogP contribution in [0.25, 0.3) is 5.65 Å². The van der Waals surface area contributed by atoms with Crippen LogP contribution in [0, 0.1) is 25.2 Å². The highest BCUT2D eigenvalue weighted by atomic mass is 32.2. The summed E-state index contributed by atoms with van der Waals surface area (Å²) in [6.45, 7) is 5.59. The van der Waals surface area contributed by atoms with Gasteiger partial charge in [-0.2, -0.15) is 18.4 Å². The quantitative estimate of drug-likeness (QED) is 0.308. The van der Waals surface area contributed by atoms with E-state index in [1.54, 1.807) is 23.4 Å². The van der Waals surface area contributed by atoms with Gasteiger partial charge in [-0.1, -0.05) is 18.2 Å². The Morgan fingerprint density at radius 3 is 2.80 bits per heavy atom. The van der Waals surface area contributed by atoms with Crippen molar-refractivity contribution in [3.8, 4) is 6.07 Å². The van der Waals surface area contributed by atoms with Gasteiger partial charge in [-0.3, -0.25) is 9.20 Å². The largest absolute Gasteiger partial charge is 0.593 e. The molecule has 0 bridgehead atoms. The molecule has 3 aromatic heterocycles. The molecule has 1 saturated heterocycles. The van der Waals surface area contributed by atoms with Crippen LogP contribution >= 0.6 is 0 Å². The van der Waals surface area contributed by atoms with Gasteiger partial charge in [0.2, 0.25) is 10.7 Å². The topological polar surface area (TPSA) is 143 Å². The monoisotopic (exact) mass is 639 g/mol. The van der Waals surface area contributed by atoms with Crippen LogP contribution in [-0.4, -0.2) is 71.9 Å². The number of rotatable bonds is 6. The Kier molecular flexibility index (Phi) is 8.16. The maximum absolute atomic E-state index is 14.0. The predicted molar refractivity (Wildman–Crippen MR) is 156 cm³/mol. The van der Waals surface area contributed by atoms with Crippen LogP contribution in [0.4, 0.5) is 19.0 Å². The maximum atomic E-state index is 14.0. The molecular weight excluding hydrogens is 611 g/mol. The third kappa shape index (κ3) is 5.82. The minimum atomic E-state index is -4.71. The number of nitriles is 1. The Morgan fingerprint density at radius 1 is 1.27 bits per heavy atom. The number of carboxylic acid groups (broad SMARTS) is 1. The van der Waals surface area contributed by atoms with E-state index in [1.807, 2.05) is 19.1 Å². The molecule has 0 saturated carbocycles. The molecule has 234 valence electrons. The SMILES string of the molecule is Cc1ccc(C(CC(=O)O)c2ccn3c(C(F)(F)F)nnc3c2C)cc1CN1CC2COCCN2c2ncc(C#N)cc2[S+]1[O-]. The second kappa shape index (κ2) is 11.9. The minimum Gasteiger partial charge on any atom is -0.593 e. The van der Waals surface area contributed by atoms with Crippen LogP contribution in [0.5, 0.6) is 0 Å². The van der Waals surface area contributed by atoms with Gasteiger partial charge in [0.1, 0.15) is 6.07 Å². The van der Waals surface area contributed by atoms with Crippen molar-refractivity contribution in [1.29, 1.82) is 5.26 Å². The van der Waals surface area contributed by atoms with Crippen LogP contribution < -0.4 is 4.90 Å². The van der Waals surface area contributed by atoms with E-state index < -0.39 is 35.2 Å². The Hall–Kier alpha value is -4.23. The molecule has 6 rings (SSSR count). The van der Waals surface area contributed by atoms with Crippen molar-refractivity contribution in [2.75, 3.05) is 31.2 Å². The van der Waals surface area contributed by atoms with E-state index in [2.05, 4.69) is 26.2 Å². The number of pyridine rings is 2. The molecule has 5 heterocycles. The van der Waals surface area contributed by atoms with E-state index in [4.69, 9.17) is 4.74 Å². The van der Waals surface area contributed by atoms with Gasteiger partial charge >= 0.3 is 12.1 Å². The normalized spacial score (nSPS) is 19.4. The Morgan fingerprint density at radius 2 is 2.07 bits per heavy atom. The number of alkyl halides is 3. The Labute approximate surface area is 259 Å². The maximum Gasteiger partial charge on any atom is 0.452 e. The number of hydrogen-bond donors (Lipinski definition) is 1. The minimum absolute atomic E-state index is 0.00854. The molecule has 0 aliphatic carbocycles. The number of anilines is 1. The van der Waals surface area contributed by atoms with Crippen LogP contribution in [0.3, 0.4) is 0 Å². The van der Waals surface area contributed by atoms with Gasteiger partial charge in [0.25, 0.3) is 0 Å². The second-order valence-corrected chi connectivity index (χ2v) is 12.6. The molecule has 2 aliphatic rings. The van der Waals surface area contributed by atoms with E-state index in [1.165, 1.54) is 18.5 Å². The van der Waals surface area contributed by atoms with Gasteiger partial charge in [-0.15, -0.1) is 14.5 Å². The Bertz CT molecular complexity index is 1830. The second-order valence-electron chi connectivity index (χ2n) is 11.1. The molecule has 1 aromatic carbocycles.